The summed E-state index contributed by atoms with van der Waals surface area (Å²) in [5.41, 5.74) is 5.30. The lowest BCUT2D eigenvalue weighted by Crippen LogP contribution is -2.33. The van der Waals surface area contributed by atoms with E-state index in [4.69, 9.17) is 21.1 Å². The maximum atomic E-state index is 12.2. The Labute approximate surface area is 181 Å². The standard InChI is InChI=1S/C24H23ClN2O3/c1-17-14-21(25)10-13-23(17)30-18(2)24(28)27-26-15-19-8-11-22(12-9-19)29-16-20-6-4-3-5-7-20/h3-15,18H,16H2,1-2H3,(H,27,28). The van der Waals surface area contributed by atoms with E-state index < -0.39 is 6.10 Å². The number of hydrogen-bond donors (Lipinski definition) is 1. The molecule has 3 aromatic rings. The smallest absolute Gasteiger partial charge is 0.280 e. The van der Waals surface area contributed by atoms with Gasteiger partial charge in [0.25, 0.3) is 5.91 Å². The third kappa shape index (κ3) is 6.36. The molecule has 1 N–H and O–H groups in total. The first kappa shape index (κ1) is 21.4. The number of rotatable bonds is 8. The number of hydrogen-bond acceptors (Lipinski definition) is 4. The highest BCUT2D eigenvalue weighted by atomic mass is 35.5. The van der Waals surface area contributed by atoms with Gasteiger partial charge in [-0.15, -0.1) is 0 Å². The van der Waals surface area contributed by atoms with E-state index in [2.05, 4.69) is 10.5 Å². The fourth-order valence-corrected chi connectivity index (χ4v) is 2.87. The molecule has 0 radical (unpaired) electrons. The van der Waals surface area contributed by atoms with Crippen molar-refractivity contribution in [2.45, 2.75) is 26.6 Å². The first-order valence-electron chi connectivity index (χ1n) is 9.54. The second kappa shape index (κ2) is 10.5. The van der Waals surface area contributed by atoms with Crippen molar-refractivity contribution in [1.82, 2.24) is 5.43 Å². The zero-order valence-electron chi connectivity index (χ0n) is 16.8. The number of amides is 1. The van der Waals surface area contributed by atoms with Crippen molar-refractivity contribution in [3.05, 3.63) is 94.5 Å². The lowest BCUT2D eigenvalue weighted by molar-refractivity contribution is -0.127. The minimum Gasteiger partial charge on any atom is -0.489 e. The van der Waals surface area contributed by atoms with Crippen molar-refractivity contribution < 1.29 is 14.3 Å². The molecule has 0 aromatic heterocycles. The van der Waals surface area contributed by atoms with E-state index >= 15 is 0 Å². The van der Waals surface area contributed by atoms with Gasteiger partial charge >= 0.3 is 0 Å². The van der Waals surface area contributed by atoms with Gasteiger partial charge in [-0.05, 0) is 73.0 Å². The van der Waals surface area contributed by atoms with Crippen LogP contribution in [0.25, 0.3) is 0 Å². The zero-order valence-corrected chi connectivity index (χ0v) is 17.6. The summed E-state index contributed by atoms with van der Waals surface area (Å²) in [5, 5.41) is 4.62. The third-order valence-electron chi connectivity index (χ3n) is 4.33. The van der Waals surface area contributed by atoms with Crippen molar-refractivity contribution in [2.24, 2.45) is 5.10 Å². The first-order valence-corrected chi connectivity index (χ1v) is 9.91. The van der Waals surface area contributed by atoms with Crippen LogP contribution >= 0.6 is 11.6 Å². The van der Waals surface area contributed by atoms with Crippen molar-refractivity contribution >= 4 is 23.7 Å². The highest BCUT2D eigenvalue weighted by Gasteiger charge is 2.15. The molecule has 1 unspecified atom stereocenters. The fourth-order valence-electron chi connectivity index (χ4n) is 2.64. The maximum absolute atomic E-state index is 12.2. The summed E-state index contributed by atoms with van der Waals surface area (Å²) >= 11 is 5.94. The van der Waals surface area contributed by atoms with Crippen LogP contribution in [-0.2, 0) is 11.4 Å². The number of nitrogens with one attached hydrogen (secondary N) is 1. The van der Waals surface area contributed by atoms with Crippen LogP contribution in [0.15, 0.2) is 77.9 Å². The predicted octanol–water partition coefficient (Wildman–Crippen LogP) is 5.15. The summed E-state index contributed by atoms with van der Waals surface area (Å²) < 4.78 is 11.4. The molecule has 3 rings (SSSR count). The summed E-state index contributed by atoms with van der Waals surface area (Å²) in [4.78, 5) is 12.2. The van der Waals surface area contributed by atoms with Crippen LogP contribution in [0.3, 0.4) is 0 Å². The van der Waals surface area contributed by atoms with Crippen molar-refractivity contribution in [3.63, 3.8) is 0 Å². The van der Waals surface area contributed by atoms with E-state index in [0.717, 1.165) is 22.4 Å². The van der Waals surface area contributed by atoms with Gasteiger partial charge in [0.05, 0.1) is 6.21 Å². The molecule has 30 heavy (non-hydrogen) atoms. The molecule has 0 saturated heterocycles. The monoisotopic (exact) mass is 422 g/mol. The molecule has 0 aliphatic heterocycles. The molecule has 3 aromatic carbocycles. The van der Waals surface area contributed by atoms with Gasteiger partial charge in [-0.25, -0.2) is 5.43 Å². The van der Waals surface area contributed by atoms with Gasteiger partial charge in [-0.3, -0.25) is 4.79 Å². The predicted molar refractivity (Wildman–Crippen MR) is 119 cm³/mol. The average molecular weight is 423 g/mol. The summed E-state index contributed by atoms with van der Waals surface area (Å²) in [5.74, 6) is 1.03. The van der Waals surface area contributed by atoms with E-state index in [1.807, 2.05) is 61.5 Å². The Bertz CT molecular complexity index is 1000. The van der Waals surface area contributed by atoms with Crippen LogP contribution < -0.4 is 14.9 Å². The molecule has 5 nitrogen and oxygen atoms in total. The van der Waals surface area contributed by atoms with Crippen LogP contribution in [0.5, 0.6) is 11.5 Å². The Morgan fingerprint density at radius 3 is 2.53 bits per heavy atom. The Hall–Kier alpha value is -3.31. The quantitative estimate of drug-likeness (QED) is 0.403. The minimum absolute atomic E-state index is 0.344. The summed E-state index contributed by atoms with van der Waals surface area (Å²) in [6.45, 7) is 4.05. The Morgan fingerprint density at radius 1 is 1.10 bits per heavy atom. The number of benzene rings is 3. The molecule has 154 valence electrons. The molecule has 6 heteroatoms. The molecule has 0 aliphatic rings. The second-order valence-corrected chi connectivity index (χ2v) is 7.18. The van der Waals surface area contributed by atoms with E-state index in [9.17, 15) is 4.79 Å². The fraction of sp³-hybridized carbons (Fsp3) is 0.167. The lowest BCUT2D eigenvalue weighted by Gasteiger charge is -2.14. The van der Waals surface area contributed by atoms with Gasteiger partial charge in [0.15, 0.2) is 6.10 Å². The molecule has 0 heterocycles. The highest BCUT2D eigenvalue weighted by Crippen LogP contribution is 2.22. The van der Waals surface area contributed by atoms with Gasteiger partial charge in [-0.2, -0.15) is 5.10 Å². The minimum atomic E-state index is -0.698. The van der Waals surface area contributed by atoms with Gasteiger partial charge in [0.1, 0.15) is 18.1 Å². The maximum Gasteiger partial charge on any atom is 0.280 e. The number of hydrazone groups is 1. The van der Waals surface area contributed by atoms with Crippen LogP contribution in [0.1, 0.15) is 23.6 Å². The zero-order chi connectivity index (χ0) is 21.3. The molecule has 0 saturated carbocycles. The van der Waals surface area contributed by atoms with Crippen LogP contribution in [0.4, 0.5) is 0 Å². The largest absolute Gasteiger partial charge is 0.489 e. The van der Waals surface area contributed by atoms with Crippen molar-refractivity contribution in [3.8, 4) is 11.5 Å². The van der Waals surface area contributed by atoms with Gasteiger partial charge in [0.2, 0.25) is 0 Å². The number of carbonyl (C=O) groups excluding carboxylic acids is 1. The number of carbonyl (C=O) groups is 1. The lowest BCUT2D eigenvalue weighted by atomic mass is 10.2. The topological polar surface area (TPSA) is 59.9 Å². The number of halogens is 1. The Balaban J connectivity index is 1.47. The van der Waals surface area contributed by atoms with Gasteiger partial charge in [0, 0.05) is 5.02 Å². The SMILES string of the molecule is Cc1cc(Cl)ccc1OC(C)C(=O)NN=Cc1ccc(OCc2ccccc2)cc1. The van der Waals surface area contributed by atoms with Crippen molar-refractivity contribution in [1.29, 1.82) is 0 Å². The normalized spacial score (nSPS) is 11.8. The first-order chi connectivity index (χ1) is 14.5. The van der Waals surface area contributed by atoms with Crippen LogP contribution in [0.2, 0.25) is 5.02 Å². The summed E-state index contributed by atoms with van der Waals surface area (Å²) in [7, 11) is 0. The number of aryl methyl sites for hydroxylation is 1. The van der Waals surface area contributed by atoms with E-state index in [-0.39, 0.29) is 5.91 Å². The van der Waals surface area contributed by atoms with Crippen LogP contribution in [-0.4, -0.2) is 18.2 Å². The Kier molecular flexibility index (Phi) is 7.46. The molecule has 1 atom stereocenters. The second-order valence-electron chi connectivity index (χ2n) is 6.75. The summed E-state index contributed by atoms with van der Waals surface area (Å²) in [6, 6.07) is 22.7. The van der Waals surface area contributed by atoms with Crippen molar-refractivity contribution in [2.75, 3.05) is 0 Å². The Morgan fingerprint density at radius 2 is 1.83 bits per heavy atom. The molecular weight excluding hydrogens is 400 g/mol. The molecule has 0 fully saturated rings. The van der Waals surface area contributed by atoms with E-state index in [1.165, 1.54) is 0 Å². The molecule has 0 spiro atoms. The number of ether oxygens (including phenoxy) is 2. The van der Waals surface area contributed by atoms with E-state index in [1.54, 1.807) is 31.3 Å². The molecule has 0 bridgehead atoms. The molecule has 0 aliphatic carbocycles. The average Bonchev–Trinajstić information content (AvgIpc) is 2.75. The molecule has 1 amide bonds. The highest BCUT2D eigenvalue weighted by molar-refractivity contribution is 6.30. The molecular formula is C24H23ClN2O3. The summed E-state index contributed by atoms with van der Waals surface area (Å²) in [6.07, 6.45) is 0.870. The number of nitrogens with zero attached hydrogens (tertiary/aromatic N) is 1. The van der Waals surface area contributed by atoms with Crippen LogP contribution in [0, 0.1) is 6.92 Å². The third-order valence-corrected chi connectivity index (χ3v) is 4.56. The van der Waals surface area contributed by atoms with E-state index in [0.29, 0.717) is 17.4 Å². The van der Waals surface area contributed by atoms with Gasteiger partial charge < -0.3 is 9.47 Å². The van der Waals surface area contributed by atoms with Gasteiger partial charge in [-0.1, -0.05) is 41.9 Å².